The highest BCUT2D eigenvalue weighted by Gasteiger charge is 2.33. The van der Waals surface area contributed by atoms with Gasteiger partial charge in [0.25, 0.3) is 0 Å². The quantitative estimate of drug-likeness (QED) is 0.622. The van der Waals surface area contributed by atoms with Crippen molar-refractivity contribution in [3.05, 3.63) is 77.9 Å². The molecule has 2 heterocycles. The number of sulfonamides is 1. The standard InChI is InChI=1S/C24H28N4O3S/c1-18-9-11-22(12-10-18)32(30,31)27-14-5-7-21(17-27)24(29)26-16-20-6-3-4-8-23(20)28-15-13-25-19(28)2/h3-4,6,8-13,15,21H,5,7,14,16-17H2,1-2H3,(H,26,29). The number of rotatable bonds is 6. The molecule has 8 heteroatoms. The number of para-hydroxylation sites is 1. The molecule has 1 atom stereocenters. The molecule has 0 aliphatic carbocycles. The number of carbonyl (C=O) groups is 1. The van der Waals surface area contributed by atoms with Crippen LogP contribution in [0.4, 0.5) is 0 Å². The number of nitrogens with zero attached hydrogens (tertiary/aromatic N) is 3. The number of carbonyl (C=O) groups excluding carboxylic acids is 1. The number of amides is 1. The molecule has 168 valence electrons. The van der Waals surface area contributed by atoms with Crippen LogP contribution in [0.1, 0.15) is 29.8 Å². The van der Waals surface area contributed by atoms with Gasteiger partial charge in [-0.3, -0.25) is 4.79 Å². The monoisotopic (exact) mass is 452 g/mol. The lowest BCUT2D eigenvalue weighted by molar-refractivity contribution is -0.126. The average Bonchev–Trinajstić information content (AvgIpc) is 3.23. The summed E-state index contributed by atoms with van der Waals surface area (Å²) in [6.45, 7) is 4.85. The van der Waals surface area contributed by atoms with Crippen LogP contribution < -0.4 is 5.32 Å². The van der Waals surface area contributed by atoms with Crippen LogP contribution in [0.5, 0.6) is 0 Å². The summed E-state index contributed by atoms with van der Waals surface area (Å²) in [5.74, 6) is 0.380. The van der Waals surface area contributed by atoms with Gasteiger partial charge in [0, 0.05) is 32.0 Å². The van der Waals surface area contributed by atoms with Crippen LogP contribution in [0.2, 0.25) is 0 Å². The van der Waals surface area contributed by atoms with Crippen molar-refractivity contribution >= 4 is 15.9 Å². The van der Waals surface area contributed by atoms with E-state index in [-0.39, 0.29) is 23.3 Å². The third kappa shape index (κ3) is 4.61. The summed E-state index contributed by atoms with van der Waals surface area (Å²) < 4.78 is 29.5. The van der Waals surface area contributed by atoms with Gasteiger partial charge in [-0.05, 0) is 50.5 Å². The van der Waals surface area contributed by atoms with Crippen molar-refractivity contribution < 1.29 is 13.2 Å². The van der Waals surface area contributed by atoms with Crippen molar-refractivity contribution in [2.24, 2.45) is 5.92 Å². The van der Waals surface area contributed by atoms with Gasteiger partial charge < -0.3 is 9.88 Å². The topological polar surface area (TPSA) is 84.3 Å². The fourth-order valence-corrected chi connectivity index (χ4v) is 5.61. The number of imidazole rings is 1. The van der Waals surface area contributed by atoms with E-state index in [0.29, 0.717) is 25.9 Å². The Hall–Kier alpha value is -2.97. The van der Waals surface area contributed by atoms with Gasteiger partial charge in [0.15, 0.2) is 0 Å². The lowest BCUT2D eigenvalue weighted by Gasteiger charge is -2.31. The van der Waals surface area contributed by atoms with E-state index in [0.717, 1.165) is 22.6 Å². The molecular weight excluding hydrogens is 424 g/mol. The Labute approximate surface area is 189 Å². The first-order valence-electron chi connectivity index (χ1n) is 10.8. The minimum Gasteiger partial charge on any atom is -0.352 e. The van der Waals surface area contributed by atoms with E-state index < -0.39 is 10.0 Å². The second kappa shape index (κ2) is 9.26. The number of benzene rings is 2. The number of hydrogen-bond acceptors (Lipinski definition) is 4. The van der Waals surface area contributed by atoms with E-state index in [1.807, 2.05) is 48.9 Å². The maximum absolute atomic E-state index is 13.0. The zero-order valence-electron chi connectivity index (χ0n) is 18.4. The first-order chi connectivity index (χ1) is 15.4. The first kappa shape index (κ1) is 22.2. The molecular formula is C24H28N4O3S. The molecule has 1 unspecified atom stereocenters. The summed E-state index contributed by atoms with van der Waals surface area (Å²) in [5, 5.41) is 3.02. The molecule has 0 spiro atoms. The summed E-state index contributed by atoms with van der Waals surface area (Å²) in [4.78, 5) is 17.5. The summed E-state index contributed by atoms with van der Waals surface area (Å²) in [7, 11) is -3.61. The Kier molecular flexibility index (Phi) is 6.43. The Balaban J connectivity index is 1.44. The van der Waals surface area contributed by atoms with Gasteiger partial charge in [0.05, 0.1) is 16.5 Å². The van der Waals surface area contributed by atoms with Crippen LogP contribution in [0, 0.1) is 19.8 Å². The largest absolute Gasteiger partial charge is 0.352 e. The summed E-state index contributed by atoms with van der Waals surface area (Å²) in [6.07, 6.45) is 4.97. The molecule has 1 saturated heterocycles. The van der Waals surface area contributed by atoms with Crippen LogP contribution in [0.15, 0.2) is 65.8 Å². The van der Waals surface area contributed by atoms with E-state index in [1.165, 1.54) is 4.31 Å². The van der Waals surface area contributed by atoms with E-state index in [1.54, 1.807) is 30.5 Å². The Morgan fingerprint density at radius 2 is 1.88 bits per heavy atom. The van der Waals surface area contributed by atoms with Crippen molar-refractivity contribution in [1.29, 1.82) is 0 Å². The molecule has 7 nitrogen and oxygen atoms in total. The van der Waals surface area contributed by atoms with Gasteiger partial charge in [-0.2, -0.15) is 4.31 Å². The third-order valence-corrected chi connectivity index (χ3v) is 7.82. The second-order valence-electron chi connectivity index (χ2n) is 8.21. The van der Waals surface area contributed by atoms with Gasteiger partial charge >= 0.3 is 0 Å². The molecule has 3 aromatic rings. The van der Waals surface area contributed by atoms with Crippen molar-refractivity contribution in [2.45, 2.75) is 38.1 Å². The number of nitrogens with one attached hydrogen (secondary N) is 1. The van der Waals surface area contributed by atoms with Gasteiger partial charge in [-0.15, -0.1) is 0 Å². The molecule has 1 fully saturated rings. The normalized spacial score (nSPS) is 17.2. The summed E-state index contributed by atoms with van der Waals surface area (Å²) in [6, 6.07) is 14.7. The number of piperidine rings is 1. The highest BCUT2D eigenvalue weighted by atomic mass is 32.2. The maximum Gasteiger partial charge on any atom is 0.243 e. The zero-order chi connectivity index (χ0) is 22.7. The average molecular weight is 453 g/mol. The number of aryl methyl sites for hydroxylation is 2. The van der Waals surface area contributed by atoms with Crippen molar-refractivity contribution in [1.82, 2.24) is 19.2 Å². The smallest absolute Gasteiger partial charge is 0.243 e. The van der Waals surface area contributed by atoms with E-state index >= 15 is 0 Å². The molecule has 1 aromatic heterocycles. The van der Waals surface area contributed by atoms with E-state index in [4.69, 9.17) is 0 Å². The molecule has 1 aliphatic rings. The Morgan fingerprint density at radius 1 is 1.12 bits per heavy atom. The minimum atomic E-state index is -3.61. The molecule has 32 heavy (non-hydrogen) atoms. The molecule has 1 N–H and O–H groups in total. The SMILES string of the molecule is Cc1ccc(S(=O)(=O)N2CCCC(C(=O)NCc3ccccc3-n3ccnc3C)C2)cc1. The zero-order valence-corrected chi connectivity index (χ0v) is 19.2. The molecule has 1 aliphatic heterocycles. The minimum absolute atomic E-state index is 0.119. The summed E-state index contributed by atoms with van der Waals surface area (Å²) >= 11 is 0. The third-order valence-electron chi connectivity index (χ3n) is 5.94. The van der Waals surface area contributed by atoms with Crippen LogP contribution in [-0.2, 0) is 21.4 Å². The highest BCUT2D eigenvalue weighted by Crippen LogP contribution is 2.24. The number of aromatic nitrogens is 2. The van der Waals surface area contributed by atoms with Gasteiger partial charge in [-0.25, -0.2) is 13.4 Å². The highest BCUT2D eigenvalue weighted by molar-refractivity contribution is 7.89. The molecule has 1 amide bonds. The Morgan fingerprint density at radius 3 is 2.59 bits per heavy atom. The van der Waals surface area contributed by atoms with Gasteiger partial charge in [0.1, 0.15) is 5.82 Å². The fraction of sp³-hybridized carbons (Fsp3) is 0.333. The maximum atomic E-state index is 13.0. The van der Waals surface area contributed by atoms with E-state index in [2.05, 4.69) is 10.3 Å². The molecule has 4 rings (SSSR count). The molecule has 0 saturated carbocycles. The van der Waals surface area contributed by atoms with Crippen LogP contribution >= 0.6 is 0 Å². The van der Waals surface area contributed by atoms with Crippen molar-refractivity contribution in [3.8, 4) is 5.69 Å². The molecule has 0 radical (unpaired) electrons. The predicted octanol–water partition coefficient (Wildman–Crippen LogP) is 3.21. The second-order valence-corrected chi connectivity index (χ2v) is 10.1. The van der Waals surface area contributed by atoms with Crippen LogP contribution in [-0.4, -0.2) is 41.3 Å². The lowest BCUT2D eigenvalue weighted by Crippen LogP contribution is -2.45. The lowest BCUT2D eigenvalue weighted by atomic mass is 9.98. The number of hydrogen-bond donors (Lipinski definition) is 1. The first-order valence-corrected chi connectivity index (χ1v) is 12.2. The summed E-state index contributed by atoms with van der Waals surface area (Å²) in [5.41, 5.74) is 2.95. The van der Waals surface area contributed by atoms with Crippen molar-refractivity contribution in [3.63, 3.8) is 0 Å². The molecule has 2 aromatic carbocycles. The fourth-order valence-electron chi connectivity index (χ4n) is 4.09. The van der Waals surface area contributed by atoms with E-state index in [9.17, 15) is 13.2 Å². The van der Waals surface area contributed by atoms with Crippen molar-refractivity contribution in [2.75, 3.05) is 13.1 Å². The molecule has 0 bridgehead atoms. The van der Waals surface area contributed by atoms with Gasteiger partial charge in [-0.1, -0.05) is 35.9 Å². The van der Waals surface area contributed by atoms with Gasteiger partial charge in [0.2, 0.25) is 15.9 Å². The van der Waals surface area contributed by atoms with Crippen LogP contribution in [0.25, 0.3) is 5.69 Å². The Bertz CT molecular complexity index is 1200. The predicted molar refractivity (Wildman–Crippen MR) is 123 cm³/mol. The van der Waals surface area contributed by atoms with Crippen LogP contribution in [0.3, 0.4) is 0 Å².